The van der Waals surface area contributed by atoms with Crippen LogP contribution >= 0.6 is 15.2 Å². The normalized spacial score (nSPS) is 12.5. The quantitative estimate of drug-likeness (QED) is 0.220. The van der Waals surface area contributed by atoms with Gasteiger partial charge in [0.2, 0.25) is 0 Å². The molecule has 0 atom stereocenters. The number of hydrogen-bond donors (Lipinski definition) is 1. The van der Waals surface area contributed by atoms with Gasteiger partial charge in [0.15, 0.2) is 0 Å². The van der Waals surface area contributed by atoms with Crippen LogP contribution in [-0.4, -0.2) is 6.66 Å². The first-order valence-corrected chi connectivity index (χ1v) is 17.8. The number of anilines is 2. The molecule has 41 heavy (non-hydrogen) atoms. The minimum atomic E-state index is -2.41. The second-order valence-corrected chi connectivity index (χ2v) is 16.6. The second kappa shape index (κ2) is 11.0. The predicted octanol–water partition coefficient (Wildman–Crippen LogP) is 6.95. The zero-order valence-corrected chi connectivity index (χ0v) is 24.8. The van der Waals surface area contributed by atoms with E-state index >= 15 is 0 Å². The van der Waals surface area contributed by atoms with Gasteiger partial charge in [-0.2, -0.15) is 0 Å². The predicted molar refractivity (Wildman–Crippen MR) is 181 cm³/mol. The Bertz CT molecular complexity index is 1710. The third-order valence-electron chi connectivity index (χ3n) is 7.99. The average Bonchev–Trinajstić information content (AvgIpc) is 3.05. The van der Waals surface area contributed by atoms with E-state index in [1.807, 2.05) is 0 Å². The van der Waals surface area contributed by atoms with E-state index in [-0.39, 0.29) is 0 Å². The van der Waals surface area contributed by atoms with Crippen molar-refractivity contribution in [2.24, 2.45) is 0 Å². The summed E-state index contributed by atoms with van der Waals surface area (Å²) in [5.41, 5.74) is 2.02. The van der Waals surface area contributed by atoms with Crippen molar-refractivity contribution in [3.8, 4) is 11.5 Å². The molecule has 1 heterocycles. The van der Waals surface area contributed by atoms with Gasteiger partial charge in [-0.05, 0) is 0 Å². The van der Waals surface area contributed by atoms with E-state index in [0.717, 1.165) is 22.9 Å². The summed E-state index contributed by atoms with van der Waals surface area (Å²) in [5.74, 6) is 1.86. The van der Waals surface area contributed by atoms with Gasteiger partial charge in [-0.3, -0.25) is 0 Å². The Morgan fingerprint density at radius 3 is 1.49 bits per heavy atom. The van der Waals surface area contributed by atoms with Crippen LogP contribution in [0.15, 0.2) is 158 Å². The van der Waals surface area contributed by atoms with Crippen molar-refractivity contribution in [3.63, 3.8) is 0 Å². The monoisotopic (exact) mass is 567 g/mol. The van der Waals surface area contributed by atoms with E-state index < -0.39 is 15.2 Å². The summed E-state index contributed by atoms with van der Waals surface area (Å²) in [6, 6.07) is 56.6. The Morgan fingerprint density at radius 1 is 0.488 bits per heavy atom. The van der Waals surface area contributed by atoms with Crippen molar-refractivity contribution in [1.29, 1.82) is 0 Å². The standard InChI is InChI=1S/C37H31NOP2/c1-41(30-20-10-4-11-21-30,31-22-12-5-13-23-31)35-27-15-25-33-37(35)39-36-32(38-33)24-14-26-34(36)40(28-16-6-2-7-17-28)29-18-8-3-9-19-29/h2-27,38,41H,1H3. The Balaban J connectivity index is 1.42. The third-order valence-corrected chi connectivity index (χ3v) is 14.9. The summed E-state index contributed by atoms with van der Waals surface area (Å²) >= 11 is 0. The van der Waals surface area contributed by atoms with E-state index in [1.54, 1.807) is 0 Å². The molecule has 1 aliphatic heterocycles. The molecular weight excluding hydrogens is 536 g/mol. The van der Waals surface area contributed by atoms with Gasteiger partial charge in [0, 0.05) is 0 Å². The van der Waals surface area contributed by atoms with Crippen molar-refractivity contribution >= 4 is 58.4 Å². The molecule has 1 aliphatic rings. The minimum absolute atomic E-state index is 0.829. The summed E-state index contributed by atoms with van der Waals surface area (Å²) in [6.07, 6.45) is 0. The Labute approximate surface area is 243 Å². The van der Waals surface area contributed by atoms with Gasteiger partial charge in [-0.1, -0.05) is 0 Å². The number of benzene rings is 6. The first-order chi connectivity index (χ1) is 20.2. The van der Waals surface area contributed by atoms with Gasteiger partial charge in [0.05, 0.1) is 0 Å². The topological polar surface area (TPSA) is 21.3 Å². The molecule has 0 radical (unpaired) electrons. The van der Waals surface area contributed by atoms with Crippen LogP contribution in [0.3, 0.4) is 0 Å². The van der Waals surface area contributed by atoms with Crippen LogP contribution in [0.5, 0.6) is 11.5 Å². The molecule has 0 unspecified atom stereocenters. The van der Waals surface area contributed by atoms with Crippen LogP contribution in [-0.2, 0) is 0 Å². The number of para-hydroxylation sites is 2. The summed E-state index contributed by atoms with van der Waals surface area (Å²) in [6.45, 7) is 2.44. The molecule has 0 saturated carbocycles. The molecule has 0 aliphatic carbocycles. The van der Waals surface area contributed by atoms with Gasteiger partial charge < -0.3 is 0 Å². The van der Waals surface area contributed by atoms with Crippen molar-refractivity contribution in [2.75, 3.05) is 12.0 Å². The van der Waals surface area contributed by atoms with Crippen LogP contribution in [0.4, 0.5) is 11.4 Å². The fourth-order valence-corrected chi connectivity index (χ4v) is 12.0. The van der Waals surface area contributed by atoms with Gasteiger partial charge in [0.1, 0.15) is 0 Å². The molecule has 200 valence electrons. The molecule has 0 saturated heterocycles. The van der Waals surface area contributed by atoms with Crippen molar-refractivity contribution in [3.05, 3.63) is 158 Å². The van der Waals surface area contributed by atoms with Gasteiger partial charge in [0.25, 0.3) is 0 Å². The number of ether oxygens (including phenoxy) is 1. The summed E-state index contributed by atoms with van der Waals surface area (Å²) in [5, 5.41) is 11.6. The number of fused-ring (bicyclic) bond motifs is 2. The molecule has 6 aromatic rings. The summed E-state index contributed by atoms with van der Waals surface area (Å²) < 4.78 is 7.14. The maximum absolute atomic E-state index is 7.14. The zero-order chi connectivity index (χ0) is 27.6. The molecule has 6 aromatic carbocycles. The van der Waals surface area contributed by atoms with E-state index in [4.69, 9.17) is 4.74 Å². The van der Waals surface area contributed by atoms with Crippen LogP contribution in [0.1, 0.15) is 0 Å². The SMILES string of the molecule is C[PH](c1ccccc1)(c1ccccc1)c1cccc2c1Oc1c(cccc1P(c1ccccc1)c1ccccc1)N2. The van der Waals surface area contributed by atoms with Crippen LogP contribution in [0.25, 0.3) is 0 Å². The van der Waals surface area contributed by atoms with E-state index in [2.05, 4.69) is 170 Å². The van der Waals surface area contributed by atoms with Gasteiger partial charge in [-0.25, -0.2) is 0 Å². The Kier molecular flexibility index (Phi) is 6.89. The molecule has 0 amide bonds. The molecule has 0 fully saturated rings. The summed E-state index contributed by atoms with van der Waals surface area (Å²) in [4.78, 5) is 0. The Hall–Kier alpha value is -4.22. The van der Waals surface area contributed by atoms with Crippen molar-refractivity contribution < 1.29 is 4.74 Å². The number of rotatable bonds is 6. The number of hydrogen-bond acceptors (Lipinski definition) is 2. The van der Waals surface area contributed by atoms with E-state index in [1.165, 1.54) is 31.8 Å². The third kappa shape index (κ3) is 4.64. The molecule has 4 heteroatoms. The Morgan fingerprint density at radius 2 is 0.951 bits per heavy atom. The van der Waals surface area contributed by atoms with Crippen LogP contribution < -0.4 is 41.9 Å². The van der Waals surface area contributed by atoms with Gasteiger partial charge in [-0.15, -0.1) is 0 Å². The second-order valence-electron chi connectivity index (χ2n) is 10.4. The molecule has 2 nitrogen and oxygen atoms in total. The van der Waals surface area contributed by atoms with Gasteiger partial charge >= 0.3 is 244 Å². The van der Waals surface area contributed by atoms with Crippen molar-refractivity contribution in [2.45, 2.75) is 0 Å². The fraction of sp³-hybridized carbons (Fsp3) is 0.0270. The molecule has 0 bridgehead atoms. The van der Waals surface area contributed by atoms with Crippen LogP contribution in [0.2, 0.25) is 0 Å². The van der Waals surface area contributed by atoms with Crippen molar-refractivity contribution in [1.82, 2.24) is 0 Å². The first kappa shape index (κ1) is 25.7. The zero-order valence-electron chi connectivity index (χ0n) is 22.9. The molecule has 0 spiro atoms. The molecular formula is C37H31NOP2. The fourth-order valence-electron chi connectivity index (χ4n) is 5.89. The first-order valence-electron chi connectivity index (χ1n) is 14.0. The summed E-state index contributed by atoms with van der Waals surface area (Å²) in [7, 11) is -3.24. The van der Waals surface area contributed by atoms with E-state index in [9.17, 15) is 0 Å². The molecule has 0 aromatic heterocycles. The maximum atomic E-state index is 7.14. The molecule has 1 N–H and O–H groups in total. The average molecular weight is 568 g/mol. The molecule has 7 rings (SSSR count). The van der Waals surface area contributed by atoms with E-state index in [0.29, 0.717) is 0 Å². The number of nitrogens with one attached hydrogen (secondary N) is 1. The van der Waals surface area contributed by atoms with Crippen LogP contribution in [0, 0.1) is 0 Å².